The fraction of sp³-hybridized carbons (Fsp3) is 0.172. The maximum Gasteiger partial charge on any atom is 0.322 e. The van der Waals surface area contributed by atoms with Gasteiger partial charge in [-0.3, -0.25) is 9.59 Å². The summed E-state index contributed by atoms with van der Waals surface area (Å²) in [6.45, 7) is 0.662. The van der Waals surface area contributed by atoms with Gasteiger partial charge in [-0.15, -0.1) is 0 Å². The molecule has 1 aromatic heterocycles. The number of nitrogens with zero attached hydrogens (tertiary/aromatic N) is 1. The van der Waals surface area contributed by atoms with Crippen LogP contribution in [0.1, 0.15) is 17.0 Å². The highest BCUT2D eigenvalue weighted by Gasteiger charge is 2.27. The van der Waals surface area contributed by atoms with Gasteiger partial charge >= 0.3 is 12.0 Å². The van der Waals surface area contributed by atoms with Crippen LogP contribution in [0.2, 0.25) is 0 Å². The zero-order valence-electron chi connectivity index (χ0n) is 22.5. The summed E-state index contributed by atoms with van der Waals surface area (Å²) in [6.07, 6.45) is 3.07. The molecular weight excluding hydrogens is 562 g/mol. The van der Waals surface area contributed by atoms with Crippen LogP contribution in [-0.2, 0) is 27.8 Å². The first kappa shape index (κ1) is 30.0. The van der Waals surface area contributed by atoms with E-state index in [9.17, 15) is 27.9 Å². The van der Waals surface area contributed by atoms with Crippen molar-refractivity contribution in [1.29, 1.82) is 0 Å². The summed E-state index contributed by atoms with van der Waals surface area (Å²) < 4.78 is 32.7. The van der Waals surface area contributed by atoms with Crippen LogP contribution in [0.3, 0.4) is 0 Å². The van der Waals surface area contributed by atoms with Gasteiger partial charge in [0, 0.05) is 19.5 Å². The Balaban J connectivity index is 1.39. The Morgan fingerprint density at radius 2 is 1.79 bits per heavy atom. The standard InChI is InChI=1S/C29H29N5O7S/c1-41-21-10-12-22(13-11-21)42(39,40)34-25(28(36)37)17-26-32-24-14-9-19(16-23(24)27(35)33-26)8-5-15-30-29(38)31-18-20-6-3-2-4-7-20/h2-14,16,25,34H,15,17-18H2,1H3,(H,36,37)(H2,30,31,38)(H,32,33,35)/t25-/m0/s1. The second kappa shape index (κ2) is 13.6. The molecule has 0 saturated heterocycles. The van der Waals surface area contributed by atoms with Gasteiger partial charge in [0.1, 0.15) is 17.6 Å². The third-order valence-corrected chi connectivity index (χ3v) is 7.62. The Labute approximate surface area is 241 Å². The largest absolute Gasteiger partial charge is 0.497 e. The number of ether oxygens (including phenoxy) is 1. The number of sulfonamides is 1. The van der Waals surface area contributed by atoms with E-state index in [2.05, 4.69) is 25.3 Å². The molecule has 13 heteroatoms. The second-order valence-corrected chi connectivity index (χ2v) is 10.8. The van der Waals surface area contributed by atoms with Crippen molar-refractivity contribution in [2.24, 2.45) is 0 Å². The van der Waals surface area contributed by atoms with E-state index in [1.165, 1.54) is 31.4 Å². The highest BCUT2D eigenvalue weighted by atomic mass is 32.2. The molecule has 0 fully saturated rings. The molecule has 218 valence electrons. The number of aromatic nitrogens is 2. The number of nitrogens with one attached hydrogen (secondary N) is 4. The predicted octanol–water partition coefficient (Wildman–Crippen LogP) is 2.42. The number of carbonyl (C=O) groups is 2. The van der Waals surface area contributed by atoms with Crippen molar-refractivity contribution in [2.75, 3.05) is 13.7 Å². The summed E-state index contributed by atoms with van der Waals surface area (Å²) in [4.78, 5) is 43.4. The van der Waals surface area contributed by atoms with Gasteiger partial charge in [0.25, 0.3) is 5.56 Å². The molecule has 0 unspecified atom stereocenters. The average Bonchev–Trinajstić information content (AvgIpc) is 2.98. The number of carboxylic acid groups (broad SMARTS) is 1. The minimum Gasteiger partial charge on any atom is -0.497 e. The molecule has 4 rings (SSSR count). The topological polar surface area (TPSA) is 180 Å². The molecule has 1 heterocycles. The van der Waals surface area contributed by atoms with Gasteiger partial charge in [0.15, 0.2) is 0 Å². The molecule has 0 saturated carbocycles. The molecule has 0 aliphatic rings. The Bertz CT molecular complexity index is 1760. The van der Waals surface area contributed by atoms with Gasteiger partial charge in [-0.1, -0.05) is 48.6 Å². The van der Waals surface area contributed by atoms with Crippen LogP contribution in [-0.4, -0.2) is 55.2 Å². The molecule has 0 radical (unpaired) electrons. The van der Waals surface area contributed by atoms with E-state index in [0.29, 0.717) is 23.4 Å². The molecule has 0 aliphatic carbocycles. The van der Waals surface area contributed by atoms with Crippen LogP contribution >= 0.6 is 0 Å². The first-order chi connectivity index (χ1) is 20.1. The molecule has 0 spiro atoms. The highest BCUT2D eigenvalue weighted by molar-refractivity contribution is 7.89. The molecule has 1 atom stereocenters. The fourth-order valence-electron chi connectivity index (χ4n) is 3.98. The lowest BCUT2D eigenvalue weighted by Gasteiger charge is -2.15. The van der Waals surface area contributed by atoms with Crippen LogP contribution in [0.5, 0.6) is 5.75 Å². The van der Waals surface area contributed by atoms with E-state index in [-0.39, 0.29) is 28.7 Å². The number of hydrogen-bond acceptors (Lipinski definition) is 7. The van der Waals surface area contributed by atoms with Gasteiger partial charge in [0.2, 0.25) is 10.0 Å². The van der Waals surface area contributed by atoms with Crippen LogP contribution in [0.4, 0.5) is 4.79 Å². The number of H-pyrrole nitrogens is 1. The van der Waals surface area contributed by atoms with Crippen molar-refractivity contribution in [3.8, 4) is 5.75 Å². The van der Waals surface area contributed by atoms with Crippen molar-refractivity contribution in [2.45, 2.75) is 23.9 Å². The lowest BCUT2D eigenvalue weighted by molar-refractivity contribution is -0.139. The molecule has 12 nitrogen and oxygen atoms in total. The maximum atomic E-state index is 12.8. The SMILES string of the molecule is COc1ccc(S(=O)(=O)N[C@@H](Cc2nc3ccc(C=CCNC(=O)NCc4ccccc4)cc3c(=O)[nH]2)C(=O)O)cc1. The third-order valence-electron chi connectivity index (χ3n) is 6.13. The Morgan fingerprint density at radius 3 is 2.48 bits per heavy atom. The van der Waals surface area contributed by atoms with Gasteiger partial charge < -0.3 is 25.5 Å². The zero-order chi connectivity index (χ0) is 30.1. The number of benzene rings is 3. The second-order valence-electron chi connectivity index (χ2n) is 9.13. The van der Waals surface area contributed by atoms with Crippen molar-refractivity contribution in [3.63, 3.8) is 0 Å². The first-order valence-corrected chi connectivity index (χ1v) is 14.3. The van der Waals surface area contributed by atoms with Crippen LogP contribution in [0.15, 0.2) is 88.6 Å². The smallest absolute Gasteiger partial charge is 0.322 e. The van der Waals surface area contributed by atoms with E-state index < -0.39 is 34.0 Å². The van der Waals surface area contributed by atoms with Crippen LogP contribution < -0.4 is 25.7 Å². The van der Waals surface area contributed by atoms with Crippen LogP contribution in [0.25, 0.3) is 17.0 Å². The van der Waals surface area contributed by atoms with E-state index in [0.717, 1.165) is 5.56 Å². The number of fused-ring (bicyclic) bond motifs is 1. The van der Waals surface area contributed by atoms with Crippen LogP contribution in [0, 0.1) is 0 Å². The van der Waals surface area contributed by atoms with Gasteiger partial charge in [-0.2, -0.15) is 4.72 Å². The quantitative estimate of drug-likeness (QED) is 0.167. The van der Waals surface area contributed by atoms with Crippen molar-refractivity contribution in [1.82, 2.24) is 25.3 Å². The number of rotatable bonds is 12. The number of carboxylic acids is 1. The molecule has 3 aromatic carbocycles. The summed E-state index contributed by atoms with van der Waals surface area (Å²) in [5, 5.41) is 15.4. The number of aliphatic carboxylic acids is 1. The first-order valence-electron chi connectivity index (χ1n) is 12.8. The highest BCUT2D eigenvalue weighted by Crippen LogP contribution is 2.17. The molecule has 2 amide bonds. The summed E-state index contributed by atoms with van der Waals surface area (Å²) in [5.74, 6) is -0.983. The molecule has 5 N–H and O–H groups in total. The molecule has 4 aromatic rings. The summed E-state index contributed by atoms with van der Waals surface area (Å²) in [7, 11) is -2.75. The number of aromatic amines is 1. The number of urea groups is 1. The Morgan fingerprint density at radius 1 is 1.05 bits per heavy atom. The summed E-state index contributed by atoms with van der Waals surface area (Å²) in [5.41, 5.74) is 1.47. The lowest BCUT2D eigenvalue weighted by atomic mass is 10.1. The minimum absolute atomic E-state index is 0.00587. The molecule has 42 heavy (non-hydrogen) atoms. The Kier molecular flexibility index (Phi) is 9.68. The van der Waals surface area contributed by atoms with E-state index in [4.69, 9.17) is 4.74 Å². The lowest BCUT2D eigenvalue weighted by Crippen LogP contribution is -2.42. The van der Waals surface area contributed by atoms with Crippen molar-refractivity contribution < 1.29 is 27.9 Å². The van der Waals surface area contributed by atoms with Gasteiger partial charge in [-0.05, 0) is 47.5 Å². The average molecular weight is 592 g/mol. The number of carbonyl (C=O) groups excluding carboxylic acids is 1. The molecule has 0 aliphatic heterocycles. The monoisotopic (exact) mass is 591 g/mol. The summed E-state index contributed by atoms with van der Waals surface area (Å²) in [6, 6.07) is 18.0. The third kappa shape index (κ3) is 8.02. The summed E-state index contributed by atoms with van der Waals surface area (Å²) >= 11 is 0. The van der Waals surface area contributed by atoms with E-state index in [1.54, 1.807) is 30.4 Å². The molecule has 0 bridgehead atoms. The number of methoxy groups -OCH3 is 1. The van der Waals surface area contributed by atoms with Gasteiger partial charge in [-0.25, -0.2) is 18.2 Å². The maximum absolute atomic E-state index is 12.8. The minimum atomic E-state index is -4.18. The predicted molar refractivity (Wildman–Crippen MR) is 157 cm³/mol. The van der Waals surface area contributed by atoms with E-state index >= 15 is 0 Å². The number of amides is 2. The number of hydrogen-bond donors (Lipinski definition) is 5. The van der Waals surface area contributed by atoms with Crippen molar-refractivity contribution >= 4 is 39.0 Å². The van der Waals surface area contributed by atoms with Gasteiger partial charge in [0.05, 0.1) is 22.9 Å². The molecular formula is C29H29N5O7S. The fourth-order valence-corrected chi connectivity index (χ4v) is 5.16. The zero-order valence-corrected chi connectivity index (χ0v) is 23.4. The Hall–Kier alpha value is -5.01. The normalized spacial score (nSPS) is 12.2. The van der Waals surface area contributed by atoms with Crippen molar-refractivity contribution in [3.05, 3.63) is 106 Å². The van der Waals surface area contributed by atoms with E-state index in [1.807, 2.05) is 30.3 Å².